The van der Waals surface area contributed by atoms with Crippen LogP contribution in [-0.2, 0) is 10.5 Å². The van der Waals surface area contributed by atoms with Gasteiger partial charge >= 0.3 is 5.97 Å². The lowest BCUT2D eigenvalue weighted by atomic mass is 10.0. The van der Waals surface area contributed by atoms with Gasteiger partial charge in [-0.05, 0) is 35.8 Å². The fourth-order valence-corrected chi connectivity index (χ4v) is 2.46. The average Bonchev–Trinajstić information content (AvgIpc) is 2.37. The highest BCUT2D eigenvalue weighted by Crippen LogP contribution is 2.26. The van der Waals surface area contributed by atoms with Gasteiger partial charge in [-0.15, -0.1) is 0 Å². The lowest BCUT2D eigenvalue weighted by molar-refractivity contribution is 0.0506. The van der Waals surface area contributed by atoms with Crippen molar-refractivity contribution < 1.29 is 9.53 Å². The topological polar surface area (TPSA) is 52.3 Å². The molecule has 0 aromatic heterocycles. The normalized spacial score (nSPS) is 10.8. The van der Waals surface area contributed by atoms with Crippen LogP contribution in [0.25, 0.3) is 0 Å². The Labute approximate surface area is 119 Å². The first-order valence-corrected chi connectivity index (χ1v) is 7.68. The standard InChI is InChI=1S/C15H23NO2S/c1-5-8-18-15(17)13-7-6-12(9-19-10(2)3)11(4)14(13)16/h6-7,10H,5,8-9,16H2,1-4H3. The summed E-state index contributed by atoms with van der Waals surface area (Å²) in [6, 6.07) is 3.75. The highest BCUT2D eigenvalue weighted by molar-refractivity contribution is 7.99. The van der Waals surface area contributed by atoms with Gasteiger partial charge in [-0.25, -0.2) is 4.79 Å². The third-order valence-electron chi connectivity index (χ3n) is 2.86. The van der Waals surface area contributed by atoms with Crippen molar-refractivity contribution in [3.05, 3.63) is 28.8 Å². The van der Waals surface area contributed by atoms with Gasteiger partial charge in [0.2, 0.25) is 0 Å². The monoisotopic (exact) mass is 281 g/mol. The van der Waals surface area contributed by atoms with Crippen LogP contribution < -0.4 is 5.73 Å². The van der Waals surface area contributed by atoms with Gasteiger partial charge in [0.1, 0.15) is 0 Å². The Balaban J connectivity index is 2.87. The lowest BCUT2D eigenvalue weighted by Crippen LogP contribution is -2.11. The first-order valence-electron chi connectivity index (χ1n) is 6.64. The zero-order chi connectivity index (χ0) is 14.4. The molecule has 106 valence electrons. The molecule has 1 aromatic carbocycles. The zero-order valence-electron chi connectivity index (χ0n) is 12.2. The fraction of sp³-hybridized carbons (Fsp3) is 0.533. The van der Waals surface area contributed by atoms with Crippen molar-refractivity contribution >= 4 is 23.4 Å². The van der Waals surface area contributed by atoms with Crippen LogP contribution in [-0.4, -0.2) is 17.8 Å². The van der Waals surface area contributed by atoms with E-state index in [0.29, 0.717) is 23.1 Å². The number of hydrogen-bond donors (Lipinski definition) is 1. The van der Waals surface area contributed by atoms with E-state index >= 15 is 0 Å². The van der Waals surface area contributed by atoms with E-state index in [4.69, 9.17) is 10.5 Å². The second-order valence-electron chi connectivity index (χ2n) is 4.81. The van der Waals surface area contributed by atoms with Gasteiger partial charge in [0.25, 0.3) is 0 Å². The van der Waals surface area contributed by atoms with Crippen LogP contribution in [0.15, 0.2) is 12.1 Å². The lowest BCUT2D eigenvalue weighted by Gasteiger charge is -2.13. The molecule has 0 radical (unpaired) electrons. The molecule has 19 heavy (non-hydrogen) atoms. The SMILES string of the molecule is CCCOC(=O)c1ccc(CSC(C)C)c(C)c1N. The van der Waals surface area contributed by atoms with Crippen LogP contribution in [0.1, 0.15) is 48.7 Å². The molecular formula is C15H23NO2S. The number of anilines is 1. The molecule has 0 bridgehead atoms. The van der Waals surface area contributed by atoms with Gasteiger partial charge in [-0.3, -0.25) is 0 Å². The van der Waals surface area contributed by atoms with Gasteiger partial charge in [-0.2, -0.15) is 11.8 Å². The highest BCUT2D eigenvalue weighted by atomic mass is 32.2. The number of hydrogen-bond acceptors (Lipinski definition) is 4. The maximum atomic E-state index is 11.8. The molecule has 1 aromatic rings. The summed E-state index contributed by atoms with van der Waals surface area (Å²) >= 11 is 1.86. The molecule has 0 aliphatic rings. The Kier molecular flexibility index (Phi) is 6.22. The number of nitrogens with two attached hydrogens (primary N) is 1. The summed E-state index contributed by atoms with van der Waals surface area (Å²) in [5.74, 6) is 0.586. The number of nitrogen functional groups attached to an aromatic ring is 1. The number of carbonyl (C=O) groups is 1. The summed E-state index contributed by atoms with van der Waals surface area (Å²) in [7, 11) is 0. The third kappa shape index (κ3) is 4.46. The number of carbonyl (C=O) groups excluding carboxylic acids is 1. The Hall–Kier alpha value is -1.16. The number of thioether (sulfide) groups is 1. The summed E-state index contributed by atoms with van der Waals surface area (Å²) in [5, 5.41) is 0.579. The van der Waals surface area contributed by atoms with E-state index in [1.54, 1.807) is 6.07 Å². The minimum absolute atomic E-state index is 0.328. The van der Waals surface area contributed by atoms with E-state index in [1.165, 1.54) is 5.56 Å². The smallest absolute Gasteiger partial charge is 0.340 e. The summed E-state index contributed by atoms with van der Waals surface area (Å²) in [5.41, 5.74) is 9.24. The van der Waals surface area contributed by atoms with Crippen LogP contribution in [0.2, 0.25) is 0 Å². The van der Waals surface area contributed by atoms with Crippen molar-refractivity contribution in [2.45, 2.75) is 45.1 Å². The van der Waals surface area contributed by atoms with Crippen molar-refractivity contribution in [2.24, 2.45) is 0 Å². The maximum absolute atomic E-state index is 11.8. The number of benzene rings is 1. The fourth-order valence-electron chi connectivity index (χ4n) is 1.64. The molecule has 0 aliphatic carbocycles. The summed E-state index contributed by atoms with van der Waals surface area (Å²) in [4.78, 5) is 11.8. The van der Waals surface area contributed by atoms with E-state index in [0.717, 1.165) is 17.7 Å². The molecule has 0 aliphatic heterocycles. The molecule has 0 atom stereocenters. The molecule has 0 saturated heterocycles. The molecule has 0 spiro atoms. The van der Waals surface area contributed by atoms with E-state index in [2.05, 4.69) is 13.8 Å². The van der Waals surface area contributed by atoms with Gasteiger partial charge in [-0.1, -0.05) is 26.8 Å². The second-order valence-corrected chi connectivity index (χ2v) is 6.37. The predicted octanol–water partition coefficient (Wildman–Crippen LogP) is 3.79. The molecule has 0 saturated carbocycles. The van der Waals surface area contributed by atoms with E-state index in [-0.39, 0.29) is 5.97 Å². The molecule has 2 N–H and O–H groups in total. The average molecular weight is 281 g/mol. The Morgan fingerprint density at radius 2 is 2.11 bits per heavy atom. The largest absolute Gasteiger partial charge is 0.462 e. The van der Waals surface area contributed by atoms with Crippen LogP contribution in [0, 0.1) is 6.92 Å². The van der Waals surface area contributed by atoms with Crippen molar-refractivity contribution in [3.8, 4) is 0 Å². The Morgan fingerprint density at radius 1 is 1.42 bits per heavy atom. The third-order valence-corrected chi connectivity index (χ3v) is 4.00. The molecular weight excluding hydrogens is 258 g/mol. The number of ether oxygens (including phenoxy) is 1. The summed E-state index contributed by atoms with van der Waals surface area (Å²) in [6.45, 7) is 8.69. The first kappa shape index (κ1) is 15.9. The van der Waals surface area contributed by atoms with Crippen molar-refractivity contribution in [2.75, 3.05) is 12.3 Å². The van der Waals surface area contributed by atoms with Gasteiger partial charge < -0.3 is 10.5 Å². The minimum Gasteiger partial charge on any atom is -0.462 e. The van der Waals surface area contributed by atoms with Gasteiger partial charge in [0, 0.05) is 11.4 Å². The quantitative estimate of drug-likeness (QED) is 0.637. The minimum atomic E-state index is -0.328. The van der Waals surface area contributed by atoms with Crippen LogP contribution >= 0.6 is 11.8 Å². The zero-order valence-corrected chi connectivity index (χ0v) is 13.0. The van der Waals surface area contributed by atoms with Crippen molar-refractivity contribution in [1.29, 1.82) is 0 Å². The second kappa shape index (κ2) is 7.43. The summed E-state index contributed by atoms with van der Waals surface area (Å²) in [6.07, 6.45) is 0.813. The van der Waals surface area contributed by atoms with E-state index in [1.807, 2.05) is 31.7 Å². The van der Waals surface area contributed by atoms with Crippen LogP contribution in [0.5, 0.6) is 0 Å². The van der Waals surface area contributed by atoms with E-state index in [9.17, 15) is 4.79 Å². The first-order chi connectivity index (χ1) is 8.97. The van der Waals surface area contributed by atoms with E-state index < -0.39 is 0 Å². The van der Waals surface area contributed by atoms with Crippen molar-refractivity contribution in [1.82, 2.24) is 0 Å². The summed E-state index contributed by atoms with van der Waals surface area (Å²) < 4.78 is 5.13. The Morgan fingerprint density at radius 3 is 2.68 bits per heavy atom. The molecule has 0 unspecified atom stereocenters. The number of esters is 1. The Bertz CT molecular complexity index is 444. The molecule has 0 amide bonds. The van der Waals surface area contributed by atoms with Crippen molar-refractivity contribution in [3.63, 3.8) is 0 Å². The van der Waals surface area contributed by atoms with Gasteiger partial charge in [0.15, 0.2) is 0 Å². The van der Waals surface area contributed by atoms with Gasteiger partial charge in [0.05, 0.1) is 12.2 Å². The molecule has 1 rings (SSSR count). The molecule has 0 heterocycles. The predicted molar refractivity (Wildman–Crippen MR) is 82.6 cm³/mol. The highest BCUT2D eigenvalue weighted by Gasteiger charge is 2.14. The molecule has 4 heteroatoms. The molecule has 0 fully saturated rings. The van der Waals surface area contributed by atoms with Crippen LogP contribution in [0.3, 0.4) is 0 Å². The molecule has 3 nitrogen and oxygen atoms in total. The van der Waals surface area contributed by atoms with Crippen LogP contribution in [0.4, 0.5) is 5.69 Å². The maximum Gasteiger partial charge on any atom is 0.340 e. The number of rotatable bonds is 6.